The molecule has 0 atom stereocenters. The van der Waals surface area contributed by atoms with Gasteiger partial charge in [-0.1, -0.05) is 11.6 Å². The Labute approximate surface area is 144 Å². The highest BCUT2D eigenvalue weighted by atomic mass is 35.5. The zero-order valence-electron chi connectivity index (χ0n) is 12.9. The van der Waals surface area contributed by atoms with Crippen LogP contribution >= 0.6 is 11.6 Å². The summed E-state index contributed by atoms with van der Waals surface area (Å²) < 4.78 is 13.7. The van der Waals surface area contributed by atoms with Crippen LogP contribution < -0.4 is 16.6 Å². The van der Waals surface area contributed by atoms with Crippen molar-refractivity contribution in [2.24, 2.45) is 11.6 Å². The van der Waals surface area contributed by atoms with E-state index in [2.05, 4.69) is 4.98 Å². The van der Waals surface area contributed by atoms with Crippen molar-refractivity contribution in [3.8, 4) is 11.1 Å². The summed E-state index contributed by atoms with van der Waals surface area (Å²) in [6.45, 7) is -0.342. The standard InChI is InChI=1S/C17H18ClFN4O/c18-17-6-11(5-15(22-17)10-1-2-10)14-4-3-12(19)7-16(14)23(21)8-13(20)9-24/h3-8,10,24H,1-2,9,20-21H2/b13-8-. The van der Waals surface area contributed by atoms with Crippen molar-refractivity contribution in [2.75, 3.05) is 11.6 Å². The molecule has 1 saturated carbocycles. The number of rotatable bonds is 5. The van der Waals surface area contributed by atoms with Gasteiger partial charge < -0.3 is 10.8 Å². The number of hydrogen-bond donors (Lipinski definition) is 3. The van der Waals surface area contributed by atoms with E-state index in [4.69, 9.17) is 28.3 Å². The molecular formula is C17H18ClFN4O. The van der Waals surface area contributed by atoms with E-state index in [1.165, 1.54) is 23.3 Å². The Morgan fingerprint density at radius 3 is 2.79 bits per heavy atom. The van der Waals surface area contributed by atoms with E-state index in [1.807, 2.05) is 6.07 Å². The van der Waals surface area contributed by atoms with E-state index < -0.39 is 5.82 Å². The first-order valence-electron chi connectivity index (χ1n) is 7.56. The van der Waals surface area contributed by atoms with E-state index in [1.54, 1.807) is 12.1 Å². The zero-order chi connectivity index (χ0) is 17.3. The van der Waals surface area contributed by atoms with Crippen molar-refractivity contribution in [3.63, 3.8) is 0 Å². The molecule has 1 aromatic heterocycles. The lowest BCUT2D eigenvalue weighted by atomic mass is 10.0. The van der Waals surface area contributed by atoms with Gasteiger partial charge in [0, 0.05) is 23.4 Å². The summed E-state index contributed by atoms with van der Waals surface area (Å²) in [6, 6.07) is 7.97. The molecule has 7 heteroatoms. The van der Waals surface area contributed by atoms with Crippen LogP contribution in [0.15, 0.2) is 42.2 Å². The topological polar surface area (TPSA) is 88.4 Å². The fraction of sp³-hybridized carbons (Fsp3) is 0.235. The van der Waals surface area contributed by atoms with Crippen molar-refractivity contribution in [3.05, 3.63) is 58.9 Å². The summed E-state index contributed by atoms with van der Waals surface area (Å²) in [5.41, 5.74) is 8.61. The molecule has 1 aliphatic carbocycles. The molecule has 1 aromatic carbocycles. The minimum atomic E-state index is -0.428. The second kappa shape index (κ2) is 6.76. The highest BCUT2D eigenvalue weighted by molar-refractivity contribution is 6.29. The van der Waals surface area contributed by atoms with Crippen LogP contribution in [0.1, 0.15) is 24.5 Å². The summed E-state index contributed by atoms with van der Waals surface area (Å²) in [5.74, 6) is 5.98. The lowest BCUT2D eigenvalue weighted by Gasteiger charge is -2.19. The number of halogens is 2. The van der Waals surface area contributed by atoms with Crippen molar-refractivity contribution in [2.45, 2.75) is 18.8 Å². The minimum Gasteiger partial charge on any atom is -0.399 e. The number of benzene rings is 1. The molecule has 1 heterocycles. The van der Waals surface area contributed by atoms with Gasteiger partial charge in [0.1, 0.15) is 11.0 Å². The minimum absolute atomic E-state index is 0.166. The lowest BCUT2D eigenvalue weighted by molar-refractivity contribution is 0.329. The molecular weight excluding hydrogens is 331 g/mol. The van der Waals surface area contributed by atoms with E-state index in [-0.39, 0.29) is 12.3 Å². The zero-order valence-corrected chi connectivity index (χ0v) is 13.7. The molecule has 0 bridgehead atoms. The number of hydrazine groups is 1. The molecule has 0 unspecified atom stereocenters. The number of aliphatic hydroxyl groups is 1. The van der Waals surface area contributed by atoms with Gasteiger partial charge in [-0.05, 0) is 48.7 Å². The third kappa shape index (κ3) is 3.67. The second-order valence-electron chi connectivity index (χ2n) is 5.81. The van der Waals surface area contributed by atoms with Crippen molar-refractivity contribution in [1.29, 1.82) is 0 Å². The fourth-order valence-electron chi connectivity index (χ4n) is 2.51. The number of aromatic nitrogens is 1. The Balaban J connectivity index is 2.08. The van der Waals surface area contributed by atoms with Gasteiger partial charge in [0.2, 0.25) is 0 Å². The largest absolute Gasteiger partial charge is 0.399 e. The maximum atomic E-state index is 13.7. The summed E-state index contributed by atoms with van der Waals surface area (Å²) in [6.07, 6.45) is 3.55. The molecule has 0 radical (unpaired) electrons. The van der Waals surface area contributed by atoms with Crippen LogP contribution in [0.5, 0.6) is 0 Å². The number of nitrogens with zero attached hydrogens (tertiary/aromatic N) is 2. The molecule has 1 aliphatic rings. The maximum Gasteiger partial charge on any atom is 0.129 e. The van der Waals surface area contributed by atoms with Gasteiger partial charge in [0.05, 0.1) is 18.0 Å². The number of pyridine rings is 1. The molecule has 5 nitrogen and oxygen atoms in total. The van der Waals surface area contributed by atoms with Crippen LogP contribution in [0.25, 0.3) is 11.1 Å². The van der Waals surface area contributed by atoms with Crippen LogP contribution in [-0.4, -0.2) is 16.7 Å². The molecule has 1 fully saturated rings. The van der Waals surface area contributed by atoms with Crippen molar-refractivity contribution < 1.29 is 9.50 Å². The Morgan fingerprint density at radius 2 is 2.12 bits per heavy atom. The average Bonchev–Trinajstić information content (AvgIpc) is 3.38. The van der Waals surface area contributed by atoms with Crippen LogP contribution in [-0.2, 0) is 0 Å². The van der Waals surface area contributed by atoms with Crippen LogP contribution in [0.4, 0.5) is 10.1 Å². The SMILES string of the molecule is N/C(=C\N(N)c1cc(F)ccc1-c1cc(Cl)nc(C2CC2)c1)CO. The van der Waals surface area contributed by atoms with E-state index in [0.29, 0.717) is 22.3 Å². The number of hydrogen-bond acceptors (Lipinski definition) is 5. The van der Waals surface area contributed by atoms with Gasteiger partial charge >= 0.3 is 0 Å². The summed E-state index contributed by atoms with van der Waals surface area (Å²) >= 11 is 6.15. The normalized spacial score (nSPS) is 14.8. The van der Waals surface area contributed by atoms with Crippen LogP contribution in [0, 0.1) is 5.82 Å². The third-order valence-corrected chi connectivity index (χ3v) is 4.04. The molecule has 3 rings (SSSR count). The highest BCUT2D eigenvalue weighted by Gasteiger charge is 2.26. The number of nitrogens with two attached hydrogens (primary N) is 2. The Bertz CT molecular complexity index is 792. The number of anilines is 1. The summed E-state index contributed by atoms with van der Waals surface area (Å²) in [4.78, 5) is 4.36. The Kier molecular flexibility index (Phi) is 4.71. The van der Waals surface area contributed by atoms with Crippen molar-refractivity contribution in [1.82, 2.24) is 4.98 Å². The lowest BCUT2D eigenvalue weighted by Crippen LogP contribution is -2.27. The molecule has 0 spiro atoms. The highest BCUT2D eigenvalue weighted by Crippen LogP contribution is 2.41. The van der Waals surface area contributed by atoms with Crippen LogP contribution in [0.2, 0.25) is 5.15 Å². The van der Waals surface area contributed by atoms with Gasteiger partial charge in [0.15, 0.2) is 0 Å². The second-order valence-corrected chi connectivity index (χ2v) is 6.20. The molecule has 0 saturated heterocycles. The van der Waals surface area contributed by atoms with Gasteiger partial charge in [-0.25, -0.2) is 15.2 Å². The van der Waals surface area contributed by atoms with Gasteiger partial charge in [-0.15, -0.1) is 0 Å². The molecule has 0 aliphatic heterocycles. The molecule has 24 heavy (non-hydrogen) atoms. The third-order valence-electron chi connectivity index (χ3n) is 3.85. The smallest absolute Gasteiger partial charge is 0.129 e. The fourth-order valence-corrected chi connectivity index (χ4v) is 2.73. The quantitative estimate of drug-likeness (QED) is 0.439. The average molecular weight is 349 g/mol. The molecule has 126 valence electrons. The first kappa shape index (κ1) is 16.7. The van der Waals surface area contributed by atoms with Gasteiger partial charge in [-0.2, -0.15) is 0 Å². The predicted molar refractivity (Wildman–Crippen MR) is 92.6 cm³/mol. The van der Waals surface area contributed by atoms with Crippen molar-refractivity contribution >= 4 is 17.3 Å². The number of aliphatic hydroxyl groups excluding tert-OH is 1. The predicted octanol–water partition coefficient (Wildman–Crippen LogP) is 2.89. The first-order valence-corrected chi connectivity index (χ1v) is 7.94. The molecule has 0 amide bonds. The van der Waals surface area contributed by atoms with E-state index in [9.17, 15) is 4.39 Å². The molecule has 2 aromatic rings. The summed E-state index contributed by atoms with van der Waals surface area (Å²) in [5, 5.41) is 10.6. The van der Waals surface area contributed by atoms with Gasteiger partial charge in [0.25, 0.3) is 0 Å². The monoisotopic (exact) mass is 348 g/mol. The first-order chi connectivity index (χ1) is 11.5. The Morgan fingerprint density at radius 1 is 1.38 bits per heavy atom. The molecule has 5 N–H and O–H groups in total. The van der Waals surface area contributed by atoms with Crippen LogP contribution in [0.3, 0.4) is 0 Å². The maximum absolute atomic E-state index is 13.7. The Hall–Kier alpha value is -2.15. The van der Waals surface area contributed by atoms with Gasteiger partial charge in [-0.3, -0.25) is 5.01 Å². The summed E-state index contributed by atoms with van der Waals surface area (Å²) in [7, 11) is 0. The van der Waals surface area contributed by atoms with E-state index >= 15 is 0 Å². The van der Waals surface area contributed by atoms with E-state index in [0.717, 1.165) is 24.1 Å².